The molecule has 0 amide bonds. The molecule has 0 aromatic heterocycles. The lowest BCUT2D eigenvalue weighted by atomic mass is 10.1. The summed E-state index contributed by atoms with van der Waals surface area (Å²) in [6, 6.07) is 12.2. The van der Waals surface area contributed by atoms with Crippen molar-refractivity contribution in [2.75, 3.05) is 6.54 Å². The molecule has 2 aromatic carbocycles. The molecule has 0 aliphatic rings. The Balaban J connectivity index is 2.24. The van der Waals surface area contributed by atoms with Gasteiger partial charge in [-0.25, -0.2) is 4.39 Å². The van der Waals surface area contributed by atoms with Crippen LogP contribution in [0.15, 0.2) is 46.9 Å². The minimum absolute atomic E-state index is 0.0316. The van der Waals surface area contributed by atoms with Gasteiger partial charge in [0.25, 0.3) is 0 Å². The molecule has 5 heteroatoms. The summed E-state index contributed by atoms with van der Waals surface area (Å²) in [4.78, 5) is 0. The van der Waals surface area contributed by atoms with Crippen molar-refractivity contribution in [2.24, 2.45) is 5.73 Å². The van der Waals surface area contributed by atoms with Crippen molar-refractivity contribution in [2.45, 2.75) is 6.10 Å². The van der Waals surface area contributed by atoms with Gasteiger partial charge in [0.15, 0.2) is 11.6 Å². The second-order valence-electron chi connectivity index (χ2n) is 3.95. The number of hydrogen-bond donors (Lipinski definition) is 1. The van der Waals surface area contributed by atoms with E-state index in [-0.39, 0.29) is 17.3 Å². The molecule has 2 nitrogen and oxygen atoms in total. The molecule has 2 aromatic rings. The van der Waals surface area contributed by atoms with Crippen molar-refractivity contribution in [1.82, 2.24) is 0 Å². The molecule has 1 atom stereocenters. The van der Waals surface area contributed by atoms with E-state index in [0.717, 1.165) is 10.0 Å². The van der Waals surface area contributed by atoms with Gasteiger partial charge in [0.05, 0.1) is 5.02 Å². The zero-order chi connectivity index (χ0) is 13.8. The predicted molar refractivity (Wildman–Crippen MR) is 78.0 cm³/mol. The predicted octanol–water partition coefficient (Wildman–Crippen LogP) is 4.32. The van der Waals surface area contributed by atoms with Crippen LogP contribution in [0.5, 0.6) is 5.75 Å². The van der Waals surface area contributed by atoms with E-state index in [9.17, 15) is 4.39 Å². The molecule has 0 heterocycles. The highest BCUT2D eigenvalue weighted by atomic mass is 79.9. The fourth-order valence-corrected chi connectivity index (χ4v) is 2.09. The van der Waals surface area contributed by atoms with Gasteiger partial charge in [-0.1, -0.05) is 45.7 Å². The van der Waals surface area contributed by atoms with E-state index in [1.807, 2.05) is 24.3 Å². The van der Waals surface area contributed by atoms with Crippen molar-refractivity contribution < 1.29 is 9.13 Å². The summed E-state index contributed by atoms with van der Waals surface area (Å²) in [5.74, 6) is -0.467. The van der Waals surface area contributed by atoms with Gasteiger partial charge in [0.2, 0.25) is 0 Å². The van der Waals surface area contributed by atoms with Gasteiger partial charge in [0, 0.05) is 11.0 Å². The Labute approximate surface area is 124 Å². The van der Waals surface area contributed by atoms with E-state index < -0.39 is 11.9 Å². The Morgan fingerprint density at radius 1 is 1.21 bits per heavy atom. The van der Waals surface area contributed by atoms with Crippen molar-refractivity contribution >= 4 is 27.5 Å². The second-order valence-corrected chi connectivity index (χ2v) is 5.27. The third-order valence-corrected chi connectivity index (χ3v) is 3.46. The molecule has 100 valence electrons. The van der Waals surface area contributed by atoms with Crippen LogP contribution in [0.25, 0.3) is 0 Å². The van der Waals surface area contributed by atoms with Gasteiger partial charge in [-0.2, -0.15) is 0 Å². The van der Waals surface area contributed by atoms with Crippen LogP contribution in [0, 0.1) is 5.82 Å². The molecule has 0 aliphatic heterocycles. The molecule has 0 spiro atoms. The third-order valence-electron chi connectivity index (χ3n) is 2.64. The number of nitrogens with two attached hydrogens (primary N) is 1. The van der Waals surface area contributed by atoms with Crippen molar-refractivity contribution in [1.29, 1.82) is 0 Å². The van der Waals surface area contributed by atoms with Crippen LogP contribution in [0.1, 0.15) is 11.7 Å². The molecule has 2 N–H and O–H groups in total. The van der Waals surface area contributed by atoms with E-state index in [0.29, 0.717) is 0 Å². The zero-order valence-electron chi connectivity index (χ0n) is 9.95. The fraction of sp³-hybridized carbons (Fsp3) is 0.143. The van der Waals surface area contributed by atoms with Gasteiger partial charge in [-0.15, -0.1) is 0 Å². The summed E-state index contributed by atoms with van der Waals surface area (Å²) in [5, 5.41) is 0.0316. The summed E-state index contributed by atoms with van der Waals surface area (Å²) in [5.41, 5.74) is 6.57. The number of hydrogen-bond acceptors (Lipinski definition) is 2. The van der Waals surface area contributed by atoms with Gasteiger partial charge in [-0.05, 0) is 29.8 Å². The summed E-state index contributed by atoms with van der Waals surface area (Å²) in [7, 11) is 0. The molecule has 1 unspecified atom stereocenters. The van der Waals surface area contributed by atoms with E-state index in [1.165, 1.54) is 12.1 Å². The maximum absolute atomic E-state index is 13.8. The Hall–Kier alpha value is -1.10. The summed E-state index contributed by atoms with van der Waals surface area (Å²) >= 11 is 9.07. The Morgan fingerprint density at radius 3 is 2.53 bits per heavy atom. The first-order chi connectivity index (χ1) is 9.11. The molecule has 2 rings (SSSR count). The van der Waals surface area contributed by atoms with Gasteiger partial charge in [0.1, 0.15) is 6.10 Å². The third kappa shape index (κ3) is 3.47. The molecule has 0 radical (unpaired) electrons. The maximum atomic E-state index is 13.8. The van der Waals surface area contributed by atoms with Crippen LogP contribution in [0.4, 0.5) is 4.39 Å². The molecule has 0 saturated carbocycles. The van der Waals surface area contributed by atoms with Crippen LogP contribution in [0.3, 0.4) is 0 Å². The average molecular weight is 345 g/mol. The number of halogens is 3. The molecular formula is C14H12BrClFNO. The van der Waals surface area contributed by atoms with Gasteiger partial charge < -0.3 is 10.5 Å². The molecule has 0 bridgehead atoms. The monoisotopic (exact) mass is 343 g/mol. The van der Waals surface area contributed by atoms with Crippen molar-refractivity contribution in [3.8, 4) is 5.75 Å². The van der Waals surface area contributed by atoms with Crippen LogP contribution in [-0.4, -0.2) is 6.54 Å². The van der Waals surface area contributed by atoms with E-state index >= 15 is 0 Å². The first-order valence-corrected chi connectivity index (χ1v) is 6.85. The topological polar surface area (TPSA) is 35.2 Å². The molecule has 19 heavy (non-hydrogen) atoms. The van der Waals surface area contributed by atoms with E-state index in [4.69, 9.17) is 22.1 Å². The van der Waals surface area contributed by atoms with Gasteiger partial charge >= 0.3 is 0 Å². The smallest absolute Gasteiger partial charge is 0.183 e. The minimum Gasteiger partial charge on any atom is -0.481 e. The van der Waals surface area contributed by atoms with E-state index in [2.05, 4.69) is 15.9 Å². The largest absolute Gasteiger partial charge is 0.481 e. The minimum atomic E-state index is -0.570. The molecule has 0 aliphatic carbocycles. The van der Waals surface area contributed by atoms with Crippen molar-refractivity contribution in [3.63, 3.8) is 0 Å². The summed E-state index contributed by atoms with van der Waals surface area (Å²) in [6.45, 7) is 0.244. The summed E-state index contributed by atoms with van der Waals surface area (Å²) < 4.78 is 20.3. The number of benzene rings is 2. The van der Waals surface area contributed by atoms with Gasteiger partial charge in [-0.3, -0.25) is 0 Å². The first kappa shape index (κ1) is 14.3. The van der Waals surface area contributed by atoms with Crippen LogP contribution >= 0.6 is 27.5 Å². The van der Waals surface area contributed by atoms with Crippen LogP contribution < -0.4 is 10.5 Å². The van der Waals surface area contributed by atoms with Crippen molar-refractivity contribution in [3.05, 3.63) is 63.3 Å². The standard InChI is InChI=1S/C14H12BrClFNO/c15-10-6-4-9(5-7-10)13(8-18)19-12-3-1-2-11(16)14(12)17/h1-7,13H,8,18H2. The average Bonchev–Trinajstić information content (AvgIpc) is 2.42. The Kier molecular flexibility index (Phi) is 4.80. The molecule has 0 fully saturated rings. The van der Waals surface area contributed by atoms with Crippen LogP contribution in [0.2, 0.25) is 5.02 Å². The van der Waals surface area contributed by atoms with E-state index in [1.54, 1.807) is 6.07 Å². The quantitative estimate of drug-likeness (QED) is 0.896. The highest BCUT2D eigenvalue weighted by molar-refractivity contribution is 9.10. The lowest BCUT2D eigenvalue weighted by Gasteiger charge is -2.18. The van der Waals surface area contributed by atoms with Crippen LogP contribution in [-0.2, 0) is 0 Å². The maximum Gasteiger partial charge on any atom is 0.183 e. The fourth-order valence-electron chi connectivity index (χ4n) is 1.66. The Morgan fingerprint density at radius 2 is 1.89 bits per heavy atom. The highest BCUT2D eigenvalue weighted by Crippen LogP contribution is 2.28. The summed E-state index contributed by atoms with van der Waals surface area (Å²) in [6.07, 6.45) is -0.416. The number of ether oxygens (including phenoxy) is 1. The lowest BCUT2D eigenvalue weighted by molar-refractivity contribution is 0.204. The first-order valence-electron chi connectivity index (χ1n) is 5.68. The number of rotatable bonds is 4. The lowest BCUT2D eigenvalue weighted by Crippen LogP contribution is -2.18. The zero-order valence-corrected chi connectivity index (χ0v) is 12.3. The SMILES string of the molecule is NCC(Oc1cccc(Cl)c1F)c1ccc(Br)cc1. The highest BCUT2D eigenvalue weighted by Gasteiger charge is 2.15. The normalized spacial score (nSPS) is 12.2. The molecule has 0 saturated heterocycles. The second kappa shape index (κ2) is 6.37. The Bertz CT molecular complexity index is 562. The molecular weight excluding hydrogens is 333 g/mol.